The number of hydrogen-bond acceptors (Lipinski definition) is 4. The van der Waals surface area contributed by atoms with E-state index in [1.54, 1.807) is 6.07 Å². The van der Waals surface area contributed by atoms with E-state index in [-0.39, 0.29) is 10.9 Å². The summed E-state index contributed by atoms with van der Waals surface area (Å²) < 4.78 is 33.2. The van der Waals surface area contributed by atoms with Gasteiger partial charge in [-0.25, -0.2) is 13.1 Å². The predicted molar refractivity (Wildman–Crippen MR) is 104 cm³/mol. The molecule has 1 aliphatic carbocycles. The summed E-state index contributed by atoms with van der Waals surface area (Å²) in [4.78, 5) is 2.69. The van der Waals surface area contributed by atoms with Crippen LogP contribution in [0, 0.1) is 5.92 Å². The minimum absolute atomic E-state index is 0.0107. The molecule has 1 aromatic rings. The molecule has 0 radical (unpaired) electrons. The van der Waals surface area contributed by atoms with Crippen LogP contribution in [-0.2, 0) is 10.0 Å². The first-order valence-electron chi connectivity index (χ1n) is 9.56. The van der Waals surface area contributed by atoms with Gasteiger partial charge in [-0.05, 0) is 62.9 Å². The Morgan fingerprint density at radius 3 is 2.46 bits per heavy atom. The number of nitrogens with zero attached hydrogens (tertiary/aromatic N) is 1. The zero-order valence-electron chi connectivity index (χ0n) is 15.4. The van der Waals surface area contributed by atoms with Crippen LogP contribution in [0.5, 0.6) is 5.75 Å². The average Bonchev–Trinajstić information content (AvgIpc) is 2.64. The maximum atomic E-state index is 12.6. The minimum atomic E-state index is -3.56. The number of piperidine rings is 1. The zero-order chi connectivity index (χ0) is 18.6. The number of methoxy groups -OCH3 is 1. The summed E-state index contributed by atoms with van der Waals surface area (Å²) in [6, 6.07) is 4.55. The lowest BCUT2D eigenvalue weighted by atomic mass is 9.88. The third-order valence-electron chi connectivity index (χ3n) is 5.58. The molecule has 5 nitrogen and oxygen atoms in total. The van der Waals surface area contributed by atoms with Crippen molar-refractivity contribution in [3.8, 4) is 5.75 Å². The van der Waals surface area contributed by atoms with E-state index in [1.807, 2.05) is 0 Å². The van der Waals surface area contributed by atoms with Gasteiger partial charge >= 0.3 is 0 Å². The molecule has 7 heteroatoms. The molecule has 1 N–H and O–H groups in total. The Balaban J connectivity index is 1.52. The molecule has 0 spiro atoms. The summed E-state index contributed by atoms with van der Waals surface area (Å²) in [6.07, 6.45) is 8.54. The van der Waals surface area contributed by atoms with E-state index < -0.39 is 10.0 Å². The van der Waals surface area contributed by atoms with Crippen LogP contribution in [0.25, 0.3) is 0 Å². The van der Waals surface area contributed by atoms with Gasteiger partial charge in [0.1, 0.15) is 5.75 Å². The van der Waals surface area contributed by atoms with Crippen molar-refractivity contribution in [2.45, 2.75) is 55.9 Å². The molecule has 0 aromatic heterocycles. The van der Waals surface area contributed by atoms with Gasteiger partial charge in [-0.3, -0.25) is 0 Å². The number of rotatable bonds is 6. The normalized spacial score (nSPS) is 21.0. The van der Waals surface area contributed by atoms with Gasteiger partial charge < -0.3 is 9.64 Å². The average molecular weight is 401 g/mol. The van der Waals surface area contributed by atoms with Gasteiger partial charge in [0.2, 0.25) is 10.0 Å². The number of nitrogens with one attached hydrogen (secondary N) is 1. The molecular weight excluding hydrogens is 372 g/mol. The lowest BCUT2D eigenvalue weighted by Crippen LogP contribution is -2.45. The summed E-state index contributed by atoms with van der Waals surface area (Å²) in [6.45, 7) is 3.10. The highest BCUT2D eigenvalue weighted by molar-refractivity contribution is 7.89. The van der Waals surface area contributed by atoms with Crippen molar-refractivity contribution in [1.82, 2.24) is 9.62 Å². The fraction of sp³-hybridized carbons (Fsp3) is 0.684. The molecule has 0 unspecified atom stereocenters. The Morgan fingerprint density at radius 1 is 1.15 bits per heavy atom. The standard InChI is InChI=1S/C19H29ClN2O3S/c1-25-19-8-7-17(13-18(19)20)26(23,24)21-16-9-11-22(12-10-16)14-15-5-3-2-4-6-15/h7-8,13,15-16,21H,2-6,9-12,14H2,1H3. The first-order chi connectivity index (χ1) is 12.5. The second kappa shape index (κ2) is 8.91. The molecule has 2 fully saturated rings. The lowest BCUT2D eigenvalue weighted by Gasteiger charge is -2.35. The highest BCUT2D eigenvalue weighted by Gasteiger charge is 2.26. The molecule has 0 atom stereocenters. The van der Waals surface area contributed by atoms with Crippen molar-refractivity contribution in [2.75, 3.05) is 26.7 Å². The Hall–Kier alpha value is -0.820. The summed E-state index contributed by atoms with van der Waals surface area (Å²) in [5.74, 6) is 1.31. The molecule has 1 saturated carbocycles. The van der Waals surface area contributed by atoms with Crippen LogP contribution in [0.15, 0.2) is 23.1 Å². The summed E-state index contributed by atoms with van der Waals surface area (Å²) in [5.41, 5.74) is 0. The molecule has 3 rings (SSSR count). The van der Waals surface area contributed by atoms with Crippen molar-refractivity contribution in [3.05, 3.63) is 23.2 Å². The second-order valence-corrected chi connectivity index (χ2v) is 9.62. The Morgan fingerprint density at radius 2 is 1.85 bits per heavy atom. The zero-order valence-corrected chi connectivity index (χ0v) is 17.0. The van der Waals surface area contributed by atoms with Crippen LogP contribution >= 0.6 is 11.6 Å². The fourth-order valence-corrected chi connectivity index (χ4v) is 5.72. The number of sulfonamides is 1. The largest absolute Gasteiger partial charge is 0.495 e. The molecular formula is C19H29ClN2O3S. The number of likely N-dealkylation sites (tertiary alicyclic amines) is 1. The summed E-state index contributed by atoms with van der Waals surface area (Å²) in [5, 5.41) is 0.303. The summed E-state index contributed by atoms with van der Waals surface area (Å²) >= 11 is 6.07. The molecule has 2 aliphatic rings. The topological polar surface area (TPSA) is 58.6 Å². The Bertz CT molecular complexity index is 697. The number of ether oxygens (including phenoxy) is 1. The maximum absolute atomic E-state index is 12.6. The van der Waals surface area contributed by atoms with E-state index in [2.05, 4.69) is 9.62 Å². The van der Waals surface area contributed by atoms with Crippen molar-refractivity contribution in [1.29, 1.82) is 0 Å². The van der Waals surface area contributed by atoms with Crippen molar-refractivity contribution in [3.63, 3.8) is 0 Å². The first-order valence-corrected chi connectivity index (χ1v) is 11.4. The van der Waals surface area contributed by atoms with Crippen LogP contribution in [0.2, 0.25) is 5.02 Å². The van der Waals surface area contributed by atoms with Crippen LogP contribution < -0.4 is 9.46 Å². The molecule has 1 aliphatic heterocycles. The van der Waals surface area contributed by atoms with E-state index in [0.29, 0.717) is 10.8 Å². The van der Waals surface area contributed by atoms with Crippen molar-refractivity contribution in [2.24, 2.45) is 5.92 Å². The highest BCUT2D eigenvalue weighted by Crippen LogP contribution is 2.28. The van der Waals surface area contributed by atoms with E-state index in [0.717, 1.165) is 31.8 Å². The highest BCUT2D eigenvalue weighted by atomic mass is 35.5. The number of halogens is 1. The second-order valence-electron chi connectivity index (χ2n) is 7.50. The minimum Gasteiger partial charge on any atom is -0.495 e. The third kappa shape index (κ3) is 5.12. The third-order valence-corrected chi connectivity index (χ3v) is 7.40. The molecule has 0 bridgehead atoms. The van der Waals surface area contributed by atoms with E-state index in [9.17, 15) is 8.42 Å². The molecule has 0 amide bonds. The Kier molecular flexibility index (Phi) is 6.83. The van der Waals surface area contributed by atoms with Gasteiger partial charge in [-0.15, -0.1) is 0 Å². The smallest absolute Gasteiger partial charge is 0.240 e. The monoisotopic (exact) mass is 400 g/mol. The first kappa shape index (κ1) is 19.9. The fourth-order valence-electron chi connectivity index (χ4n) is 4.07. The number of hydrogen-bond donors (Lipinski definition) is 1. The quantitative estimate of drug-likeness (QED) is 0.791. The van der Waals surface area contributed by atoms with Gasteiger partial charge in [-0.2, -0.15) is 0 Å². The van der Waals surface area contributed by atoms with Crippen molar-refractivity contribution >= 4 is 21.6 Å². The van der Waals surface area contributed by atoms with Gasteiger partial charge in [-0.1, -0.05) is 30.9 Å². The predicted octanol–water partition coefficient (Wildman–Crippen LogP) is 3.67. The van der Waals surface area contributed by atoms with E-state index in [1.165, 1.54) is 57.9 Å². The molecule has 146 valence electrons. The SMILES string of the molecule is COc1ccc(S(=O)(=O)NC2CCN(CC3CCCCC3)CC2)cc1Cl. The van der Waals surface area contributed by atoms with Gasteiger partial charge in [0.15, 0.2) is 0 Å². The van der Waals surface area contributed by atoms with Crippen molar-refractivity contribution < 1.29 is 13.2 Å². The summed E-state index contributed by atoms with van der Waals surface area (Å²) in [7, 11) is -2.05. The lowest BCUT2D eigenvalue weighted by molar-refractivity contribution is 0.161. The molecule has 1 saturated heterocycles. The molecule has 1 aromatic carbocycles. The van der Waals surface area contributed by atoms with Crippen LogP contribution in [0.1, 0.15) is 44.9 Å². The Labute approximate surface area is 162 Å². The van der Waals surface area contributed by atoms with E-state index >= 15 is 0 Å². The van der Waals surface area contributed by atoms with Crippen LogP contribution in [-0.4, -0.2) is 46.1 Å². The van der Waals surface area contributed by atoms with Gasteiger partial charge in [0, 0.05) is 12.6 Å². The van der Waals surface area contributed by atoms with Gasteiger partial charge in [0.05, 0.1) is 17.0 Å². The molecule has 26 heavy (non-hydrogen) atoms. The van der Waals surface area contributed by atoms with Crippen LogP contribution in [0.4, 0.5) is 0 Å². The maximum Gasteiger partial charge on any atom is 0.240 e. The van der Waals surface area contributed by atoms with Gasteiger partial charge in [0.25, 0.3) is 0 Å². The van der Waals surface area contributed by atoms with Crippen LogP contribution in [0.3, 0.4) is 0 Å². The molecule has 1 heterocycles. The number of benzene rings is 1. The van der Waals surface area contributed by atoms with E-state index in [4.69, 9.17) is 16.3 Å².